The molecule has 1 atom stereocenters. The van der Waals surface area contributed by atoms with Crippen molar-refractivity contribution < 1.29 is 17.9 Å². The Morgan fingerprint density at radius 1 is 0.875 bits per heavy atom. The fraction of sp³-hybridized carbons (Fsp3) is 0.208. The lowest BCUT2D eigenvalue weighted by Crippen LogP contribution is -2.30. The summed E-state index contributed by atoms with van der Waals surface area (Å²) in [6, 6.07) is 20.4. The molecule has 0 aliphatic carbocycles. The molecule has 3 aromatic rings. The number of benzene rings is 3. The number of para-hydroxylation sites is 1. The SMILES string of the molecule is CC(C)c1ccccc1O[C@H](C)C(=O)Nc1ccc(S(=O)(=O)Nc2ccc(Br)cc2)cc1. The second-order valence-electron chi connectivity index (χ2n) is 7.58. The Bertz CT molecular complexity index is 1180. The van der Waals surface area contributed by atoms with Crippen LogP contribution in [0.4, 0.5) is 11.4 Å². The van der Waals surface area contributed by atoms with Crippen LogP contribution in [-0.2, 0) is 14.8 Å². The third-order valence-corrected chi connectivity index (χ3v) is 6.67. The highest BCUT2D eigenvalue weighted by atomic mass is 79.9. The Hall–Kier alpha value is -2.84. The average molecular weight is 517 g/mol. The molecule has 0 saturated carbocycles. The van der Waals surface area contributed by atoms with E-state index in [0.29, 0.717) is 17.1 Å². The summed E-state index contributed by atoms with van der Waals surface area (Å²) in [5.41, 5.74) is 1.96. The van der Waals surface area contributed by atoms with Crippen molar-refractivity contribution in [2.45, 2.75) is 37.7 Å². The highest BCUT2D eigenvalue weighted by Gasteiger charge is 2.18. The van der Waals surface area contributed by atoms with Gasteiger partial charge in [0.05, 0.1) is 4.90 Å². The van der Waals surface area contributed by atoms with Crippen LogP contribution < -0.4 is 14.8 Å². The molecule has 32 heavy (non-hydrogen) atoms. The quantitative estimate of drug-likeness (QED) is 0.397. The van der Waals surface area contributed by atoms with Gasteiger partial charge in [-0.25, -0.2) is 8.42 Å². The molecule has 0 aliphatic heterocycles. The maximum atomic E-state index is 12.6. The smallest absolute Gasteiger partial charge is 0.265 e. The van der Waals surface area contributed by atoms with E-state index < -0.39 is 16.1 Å². The Balaban J connectivity index is 1.64. The summed E-state index contributed by atoms with van der Waals surface area (Å²) in [4.78, 5) is 12.7. The van der Waals surface area contributed by atoms with E-state index in [1.54, 1.807) is 43.3 Å². The first kappa shape index (κ1) is 23.8. The van der Waals surface area contributed by atoms with Gasteiger partial charge >= 0.3 is 0 Å². The molecule has 0 heterocycles. The first-order valence-electron chi connectivity index (χ1n) is 10.1. The highest BCUT2D eigenvalue weighted by molar-refractivity contribution is 9.10. The molecule has 8 heteroatoms. The van der Waals surface area contributed by atoms with Crippen molar-refractivity contribution in [2.24, 2.45) is 0 Å². The van der Waals surface area contributed by atoms with Crippen LogP contribution in [0.1, 0.15) is 32.3 Å². The molecule has 0 aliphatic rings. The standard InChI is InChI=1S/C24H25BrN2O4S/c1-16(2)22-6-4-5-7-23(22)31-17(3)24(28)26-19-12-14-21(15-13-19)32(29,30)27-20-10-8-18(25)9-11-20/h4-17,27H,1-3H3,(H,26,28)/t17-/m1/s1. The van der Waals surface area contributed by atoms with E-state index in [-0.39, 0.29) is 16.7 Å². The lowest BCUT2D eigenvalue weighted by Gasteiger charge is -2.18. The second-order valence-corrected chi connectivity index (χ2v) is 10.2. The lowest BCUT2D eigenvalue weighted by molar-refractivity contribution is -0.122. The van der Waals surface area contributed by atoms with Gasteiger partial charge in [-0.3, -0.25) is 9.52 Å². The molecule has 0 aromatic heterocycles. The lowest BCUT2D eigenvalue weighted by atomic mass is 10.0. The van der Waals surface area contributed by atoms with E-state index in [1.165, 1.54) is 12.1 Å². The fourth-order valence-electron chi connectivity index (χ4n) is 3.00. The molecule has 6 nitrogen and oxygen atoms in total. The van der Waals surface area contributed by atoms with Crippen molar-refractivity contribution in [3.05, 3.63) is 82.8 Å². The molecular weight excluding hydrogens is 492 g/mol. The third-order valence-electron chi connectivity index (χ3n) is 4.74. The molecule has 0 unspecified atom stereocenters. The monoisotopic (exact) mass is 516 g/mol. The number of rotatable bonds is 8. The number of hydrogen-bond donors (Lipinski definition) is 2. The molecule has 3 rings (SSSR count). The Morgan fingerprint density at radius 3 is 2.09 bits per heavy atom. The molecular formula is C24H25BrN2O4S. The summed E-state index contributed by atoms with van der Waals surface area (Å²) >= 11 is 3.32. The zero-order valence-electron chi connectivity index (χ0n) is 18.0. The van der Waals surface area contributed by atoms with Gasteiger partial charge in [0.15, 0.2) is 6.10 Å². The Morgan fingerprint density at radius 2 is 1.47 bits per heavy atom. The normalized spacial score (nSPS) is 12.3. The fourth-order valence-corrected chi connectivity index (χ4v) is 4.33. The predicted molar refractivity (Wildman–Crippen MR) is 131 cm³/mol. The van der Waals surface area contributed by atoms with Gasteiger partial charge in [-0.05, 0) is 73.0 Å². The number of hydrogen-bond acceptors (Lipinski definition) is 4. The van der Waals surface area contributed by atoms with Gasteiger partial charge < -0.3 is 10.1 Å². The van der Waals surface area contributed by atoms with Crippen LogP contribution in [-0.4, -0.2) is 20.4 Å². The van der Waals surface area contributed by atoms with Crippen LogP contribution in [0, 0.1) is 0 Å². The maximum absolute atomic E-state index is 12.6. The molecule has 2 N–H and O–H groups in total. The molecule has 0 bridgehead atoms. The number of carbonyl (C=O) groups excluding carboxylic acids is 1. The van der Waals surface area contributed by atoms with Crippen molar-refractivity contribution >= 4 is 43.2 Å². The van der Waals surface area contributed by atoms with Crippen molar-refractivity contribution in [3.63, 3.8) is 0 Å². The Kier molecular flexibility index (Phi) is 7.58. The molecule has 1 amide bonds. The van der Waals surface area contributed by atoms with Crippen LogP contribution >= 0.6 is 15.9 Å². The average Bonchev–Trinajstić information content (AvgIpc) is 2.76. The summed E-state index contributed by atoms with van der Waals surface area (Å²) in [5.74, 6) is 0.611. The number of anilines is 2. The minimum absolute atomic E-state index is 0.0913. The van der Waals surface area contributed by atoms with Gasteiger partial charge in [-0.1, -0.05) is 48.0 Å². The summed E-state index contributed by atoms with van der Waals surface area (Å²) in [7, 11) is -3.74. The third kappa shape index (κ3) is 6.11. The molecule has 0 saturated heterocycles. The van der Waals surface area contributed by atoms with E-state index >= 15 is 0 Å². The van der Waals surface area contributed by atoms with Gasteiger partial charge in [-0.2, -0.15) is 0 Å². The highest BCUT2D eigenvalue weighted by Crippen LogP contribution is 2.27. The maximum Gasteiger partial charge on any atom is 0.265 e. The number of nitrogens with one attached hydrogen (secondary N) is 2. The van der Waals surface area contributed by atoms with Crippen LogP contribution in [0.15, 0.2) is 82.2 Å². The van der Waals surface area contributed by atoms with Crippen LogP contribution in [0.5, 0.6) is 5.75 Å². The molecule has 3 aromatic carbocycles. The number of sulfonamides is 1. The number of carbonyl (C=O) groups is 1. The van der Waals surface area contributed by atoms with E-state index in [0.717, 1.165) is 10.0 Å². The summed E-state index contributed by atoms with van der Waals surface area (Å²) in [5, 5.41) is 2.76. The van der Waals surface area contributed by atoms with E-state index in [4.69, 9.17) is 4.74 Å². The molecule has 0 spiro atoms. The summed E-state index contributed by atoms with van der Waals surface area (Å²) in [6.45, 7) is 5.80. The topological polar surface area (TPSA) is 84.5 Å². The van der Waals surface area contributed by atoms with Gasteiger partial charge in [0.25, 0.3) is 15.9 Å². The summed E-state index contributed by atoms with van der Waals surface area (Å²) < 4.78 is 34.4. The van der Waals surface area contributed by atoms with Crippen LogP contribution in [0.25, 0.3) is 0 Å². The number of halogens is 1. The number of ether oxygens (including phenoxy) is 1. The van der Waals surface area contributed by atoms with Gasteiger partial charge in [0.2, 0.25) is 0 Å². The Labute approximate surface area is 197 Å². The van der Waals surface area contributed by atoms with E-state index in [2.05, 4.69) is 39.8 Å². The zero-order chi connectivity index (χ0) is 23.3. The molecule has 0 radical (unpaired) electrons. The van der Waals surface area contributed by atoms with Crippen LogP contribution in [0.3, 0.4) is 0 Å². The largest absolute Gasteiger partial charge is 0.481 e. The first-order valence-corrected chi connectivity index (χ1v) is 12.4. The zero-order valence-corrected chi connectivity index (χ0v) is 20.4. The van der Waals surface area contributed by atoms with Crippen molar-refractivity contribution in [2.75, 3.05) is 10.0 Å². The van der Waals surface area contributed by atoms with E-state index in [1.807, 2.05) is 24.3 Å². The van der Waals surface area contributed by atoms with Crippen molar-refractivity contribution in [1.82, 2.24) is 0 Å². The second kappa shape index (κ2) is 10.2. The molecule has 168 valence electrons. The summed E-state index contributed by atoms with van der Waals surface area (Å²) in [6.07, 6.45) is -0.725. The van der Waals surface area contributed by atoms with Gasteiger partial charge in [-0.15, -0.1) is 0 Å². The number of amides is 1. The minimum atomic E-state index is -3.74. The first-order chi connectivity index (χ1) is 15.2. The van der Waals surface area contributed by atoms with Crippen molar-refractivity contribution in [3.8, 4) is 5.75 Å². The minimum Gasteiger partial charge on any atom is -0.481 e. The predicted octanol–water partition coefficient (Wildman–Crippen LogP) is 5.78. The van der Waals surface area contributed by atoms with E-state index in [9.17, 15) is 13.2 Å². The van der Waals surface area contributed by atoms with Crippen molar-refractivity contribution in [1.29, 1.82) is 0 Å². The van der Waals surface area contributed by atoms with Crippen LogP contribution in [0.2, 0.25) is 0 Å². The van der Waals surface area contributed by atoms with Gasteiger partial charge in [0.1, 0.15) is 5.75 Å². The molecule has 0 fully saturated rings. The van der Waals surface area contributed by atoms with Gasteiger partial charge in [0, 0.05) is 15.8 Å².